The first-order chi connectivity index (χ1) is 37.4. The van der Waals surface area contributed by atoms with Gasteiger partial charge in [-0.1, -0.05) is 182 Å². The minimum Gasteiger partial charge on any atom is -0.459 e. The van der Waals surface area contributed by atoms with Gasteiger partial charge < -0.3 is 52.1 Å². The summed E-state index contributed by atoms with van der Waals surface area (Å²) in [6.45, 7) is 0.0122. The highest BCUT2D eigenvalue weighted by Gasteiger charge is 2.56. The van der Waals surface area contributed by atoms with E-state index in [1.807, 2.05) is 152 Å². The van der Waals surface area contributed by atoms with E-state index in [2.05, 4.69) is 0 Å². The van der Waals surface area contributed by atoms with Gasteiger partial charge in [0.25, 0.3) is 0 Å². The molecule has 2 fully saturated rings. The maximum absolute atomic E-state index is 15.0. The van der Waals surface area contributed by atoms with E-state index in [9.17, 15) is 14.4 Å². The lowest BCUT2D eigenvalue weighted by Gasteiger charge is -2.49. The maximum Gasteiger partial charge on any atom is 0.339 e. The molecule has 10 atom stereocenters. The first-order valence-electron chi connectivity index (χ1n) is 25.4. The average molecular weight is 1030 g/mol. The lowest BCUT2D eigenvalue weighted by atomic mass is 9.95. The molecule has 0 aromatic heterocycles. The van der Waals surface area contributed by atoms with Crippen LogP contribution in [0, 0.1) is 0 Å². The van der Waals surface area contributed by atoms with Crippen LogP contribution in [0.3, 0.4) is 0 Å². The zero-order valence-electron chi connectivity index (χ0n) is 41.6. The standard InChI is InChI=1S/C62H58O14/c63-58(47-31-17-6-18-32-47)75-57-55-53(50(40-66-35-42-21-7-1-8-22-42)72-61(57)71-39-46-29-15-5-16-30-46)76-62-56(69-38-45-27-13-4-14-28-45)54(68-37-44-25-11-3-12-26-44)52(67-36-43-23-9-2-10-24-43)51(73-62)41-70-59(64)48-33-19-20-34-49(48)60(65)74-55/h1-34,50-57,61-62H,35-41H2/t50-,51-,52-,53-,54+,55+,56+,57-,61+,62-/m1/s1. The highest BCUT2D eigenvalue weighted by molar-refractivity contribution is 6.03. The van der Waals surface area contributed by atoms with Gasteiger partial charge in [-0.25, -0.2) is 14.4 Å². The van der Waals surface area contributed by atoms with Gasteiger partial charge in [-0.2, -0.15) is 0 Å². The molecule has 14 heteroatoms. The summed E-state index contributed by atoms with van der Waals surface area (Å²) in [5, 5.41) is 0. The van der Waals surface area contributed by atoms with Crippen molar-refractivity contribution in [2.75, 3.05) is 13.2 Å². The van der Waals surface area contributed by atoms with Gasteiger partial charge in [0.2, 0.25) is 0 Å². The Hall–Kier alpha value is -7.37. The van der Waals surface area contributed by atoms with Crippen molar-refractivity contribution in [2.24, 2.45) is 0 Å². The number of cyclic esters (lactones) is 1. The first-order valence-corrected chi connectivity index (χ1v) is 25.4. The van der Waals surface area contributed by atoms with Crippen molar-refractivity contribution in [3.8, 4) is 0 Å². The summed E-state index contributed by atoms with van der Waals surface area (Å²) in [6.07, 6.45) is -12.4. The normalized spacial score (nSPS) is 24.5. The summed E-state index contributed by atoms with van der Waals surface area (Å²) >= 11 is 0. The molecule has 10 rings (SSSR count). The minimum atomic E-state index is -1.53. The number of fused-ring (bicyclic) bond motifs is 4. The molecule has 0 unspecified atom stereocenters. The zero-order chi connectivity index (χ0) is 51.9. The van der Waals surface area contributed by atoms with Crippen molar-refractivity contribution >= 4 is 17.9 Å². The molecule has 390 valence electrons. The Morgan fingerprint density at radius 2 is 0.882 bits per heavy atom. The second-order valence-corrected chi connectivity index (χ2v) is 18.5. The molecule has 3 aliphatic rings. The summed E-state index contributed by atoms with van der Waals surface area (Å²) in [5.41, 5.74) is 4.28. The molecule has 0 radical (unpaired) electrons. The van der Waals surface area contributed by atoms with Crippen LogP contribution in [0.15, 0.2) is 206 Å². The van der Waals surface area contributed by atoms with Gasteiger partial charge in [-0.3, -0.25) is 0 Å². The van der Waals surface area contributed by atoms with E-state index >= 15 is 0 Å². The molecular weight excluding hydrogens is 969 g/mol. The molecule has 2 saturated heterocycles. The fourth-order valence-corrected chi connectivity index (χ4v) is 9.36. The maximum atomic E-state index is 15.0. The van der Waals surface area contributed by atoms with Crippen LogP contribution in [0.1, 0.15) is 58.9 Å². The quantitative estimate of drug-likeness (QED) is 0.0592. The summed E-state index contributed by atoms with van der Waals surface area (Å²) < 4.78 is 74.1. The Balaban J connectivity index is 1.11. The molecule has 0 N–H and O–H groups in total. The van der Waals surface area contributed by atoms with Crippen molar-refractivity contribution in [1.29, 1.82) is 0 Å². The lowest BCUT2D eigenvalue weighted by molar-refractivity contribution is -0.369. The highest BCUT2D eigenvalue weighted by Crippen LogP contribution is 2.38. The van der Waals surface area contributed by atoms with Crippen LogP contribution in [-0.4, -0.2) is 92.5 Å². The number of rotatable bonds is 18. The largest absolute Gasteiger partial charge is 0.459 e. The molecule has 76 heavy (non-hydrogen) atoms. The summed E-state index contributed by atoms with van der Waals surface area (Å²) in [5.74, 6) is -2.52. The number of hydrogen-bond acceptors (Lipinski definition) is 14. The molecule has 2 bridgehead atoms. The van der Waals surface area contributed by atoms with Gasteiger partial charge in [-0.05, 0) is 52.1 Å². The average Bonchev–Trinajstić information content (AvgIpc) is 3.49. The molecule has 0 amide bonds. The van der Waals surface area contributed by atoms with Crippen molar-refractivity contribution in [1.82, 2.24) is 0 Å². The van der Waals surface area contributed by atoms with E-state index in [4.69, 9.17) is 52.1 Å². The van der Waals surface area contributed by atoms with Gasteiger partial charge in [0.15, 0.2) is 24.8 Å². The van der Waals surface area contributed by atoms with E-state index in [1.165, 1.54) is 12.1 Å². The third kappa shape index (κ3) is 13.3. The molecule has 3 heterocycles. The predicted octanol–water partition coefficient (Wildman–Crippen LogP) is 9.63. The van der Waals surface area contributed by atoms with Crippen LogP contribution in [0.25, 0.3) is 0 Å². The topological polar surface area (TPSA) is 153 Å². The Morgan fingerprint density at radius 3 is 1.42 bits per heavy atom. The highest BCUT2D eigenvalue weighted by atomic mass is 16.8. The van der Waals surface area contributed by atoms with Crippen molar-refractivity contribution in [2.45, 2.75) is 94.4 Å². The number of benzene rings is 7. The van der Waals surface area contributed by atoms with Crippen LogP contribution < -0.4 is 0 Å². The Bertz CT molecular complexity index is 2910. The van der Waals surface area contributed by atoms with E-state index in [1.54, 1.807) is 42.5 Å². The third-order valence-electron chi connectivity index (χ3n) is 13.2. The molecule has 7 aromatic rings. The smallest absolute Gasteiger partial charge is 0.339 e. The number of carbonyl (C=O) groups is 3. The second kappa shape index (κ2) is 25.9. The van der Waals surface area contributed by atoms with E-state index in [-0.39, 0.29) is 62.9 Å². The fraction of sp³-hybridized carbons (Fsp3) is 0.274. The van der Waals surface area contributed by atoms with Crippen LogP contribution in [0.2, 0.25) is 0 Å². The van der Waals surface area contributed by atoms with Crippen molar-refractivity contribution in [3.63, 3.8) is 0 Å². The molecule has 7 aromatic carbocycles. The first kappa shape index (κ1) is 52.1. The van der Waals surface area contributed by atoms with Gasteiger partial charge in [0.1, 0.15) is 43.2 Å². The summed E-state index contributed by atoms with van der Waals surface area (Å²) in [6, 6.07) is 62.5. The summed E-state index contributed by atoms with van der Waals surface area (Å²) in [7, 11) is 0. The fourth-order valence-electron chi connectivity index (χ4n) is 9.36. The van der Waals surface area contributed by atoms with Crippen LogP contribution in [-0.2, 0) is 85.1 Å². The molecule has 0 aliphatic carbocycles. The van der Waals surface area contributed by atoms with Crippen LogP contribution in [0.5, 0.6) is 0 Å². The predicted molar refractivity (Wildman–Crippen MR) is 276 cm³/mol. The SMILES string of the molecule is O=C(O[C@H]1[C@@H](OCc2ccccc2)O[C@H](COCc2ccccc2)[C@H]2O[C@H]3O[C@H](COC(=O)c4ccccc4C(=O)O[C@H]12)[C@@H](OCc1ccccc1)[C@H](OCc1ccccc1)[C@@H]3OCc1ccccc1)c1ccccc1. The lowest BCUT2D eigenvalue weighted by Crippen LogP contribution is -2.66. The molecular formula is C62H58O14. The van der Waals surface area contributed by atoms with Gasteiger partial charge in [-0.15, -0.1) is 0 Å². The molecule has 0 spiro atoms. The van der Waals surface area contributed by atoms with Gasteiger partial charge in [0, 0.05) is 0 Å². The monoisotopic (exact) mass is 1030 g/mol. The minimum absolute atomic E-state index is 0.0109. The van der Waals surface area contributed by atoms with Crippen molar-refractivity contribution in [3.05, 3.63) is 251 Å². The van der Waals surface area contributed by atoms with E-state index in [0.29, 0.717) is 0 Å². The number of esters is 3. The Labute approximate surface area is 441 Å². The number of hydrogen-bond donors (Lipinski definition) is 0. The molecule has 0 saturated carbocycles. The Morgan fingerprint density at radius 1 is 0.434 bits per heavy atom. The van der Waals surface area contributed by atoms with Crippen LogP contribution in [0.4, 0.5) is 0 Å². The third-order valence-corrected chi connectivity index (χ3v) is 13.2. The van der Waals surface area contributed by atoms with E-state index < -0.39 is 79.3 Å². The molecule has 3 aliphatic heterocycles. The number of ether oxygens (including phenoxy) is 11. The van der Waals surface area contributed by atoms with Gasteiger partial charge >= 0.3 is 17.9 Å². The van der Waals surface area contributed by atoms with Gasteiger partial charge in [0.05, 0.1) is 56.3 Å². The van der Waals surface area contributed by atoms with Crippen molar-refractivity contribution < 1.29 is 66.5 Å². The second-order valence-electron chi connectivity index (χ2n) is 18.5. The number of carbonyl (C=O) groups excluding carboxylic acids is 3. The summed E-state index contributed by atoms with van der Waals surface area (Å²) in [4.78, 5) is 43.7. The van der Waals surface area contributed by atoms with Crippen LogP contribution >= 0.6 is 0 Å². The molecule has 14 nitrogen and oxygen atoms in total. The zero-order valence-corrected chi connectivity index (χ0v) is 41.6. The van der Waals surface area contributed by atoms with E-state index in [0.717, 1.165) is 27.8 Å². The Kier molecular flexibility index (Phi) is 17.8.